The largest absolute Gasteiger partial charge is 0.462 e. The molecule has 0 spiro atoms. The number of fused-ring (bicyclic) bond motifs is 3. The van der Waals surface area contributed by atoms with E-state index in [0.29, 0.717) is 11.3 Å². The molecule has 0 bridgehead atoms. The lowest BCUT2D eigenvalue weighted by atomic mass is 9.88. The Labute approximate surface area is 178 Å². The Hall–Kier alpha value is -3.46. The van der Waals surface area contributed by atoms with Crippen LogP contribution < -0.4 is 5.32 Å². The van der Waals surface area contributed by atoms with Gasteiger partial charge in [0.05, 0.1) is 28.7 Å². The third-order valence-corrected chi connectivity index (χ3v) is 6.00. The van der Waals surface area contributed by atoms with Crippen molar-refractivity contribution in [2.45, 2.75) is 17.7 Å². The van der Waals surface area contributed by atoms with E-state index in [2.05, 4.69) is 10.3 Å². The molecule has 3 aromatic rings. The first-order chi connectivity index (χ1) is 14.8. The maximum Gasteiger partial charge on any atom is 0.341 e. The summed E-state index contributed by atoms with van der Waals surface area (Å²) in [6.07, 6.45) is 1.53. The van der Waals surface area contributed by atoms with Crippen LogP contribution in [-0.4, -0.2) is 38.3 Å². The third-order valence-electron chi connectivity index (χ3n) is 5.16. The first-order valence-corrected chi connectivity index (χ1v) is 11.0. The highest BCUT2D eigenvalue weighted by Gasteiger charge is 2.33. The fourth-order valence-electron chi connectivity index (χ4n) is 3.77. The normalized spacial score (nSPS) is 16.1. The smallest absolute Gasteiger partial charge is 0.341 e. The number of esters is 1. The van der Waals surface area contributed by atoms with Gasteiger partial charge >= 0.3 is 16.2 Å². The second kappa shape index (κ2) is 7.99. The quantitative estimate of drug-likeness (QED) is 0.357. The number of hydrogen-bond donors (Lipinski definition) is 2. The molecule has 0 amide bonds. The van der Waals surface area contributed by atoms with Crippen LogP contribution in [-0.2, 0) is 19.8 Å². The van der Waals surface area contributed by atoms with E-state index < -0.39 is 27.0 Å². The van der Waals surface area contributed by atoms with E-state index in [1.54, 1.807) is 6.92 Å². The van der Waals surface area contributed by atoms with Gasteiger partial charge < -0.3 is 15.0 Å². The Kier molecular flexibility index (Phi) is 5.36. The number of benzene rings is 2. The minimum Gasteiger partial charge on any atom is -0.462 e. The highest BCUT2D eigenvalue weighted by molar-refractivity contribution is 7.86. The standard InChI is InChI=1S/C22H19FN2O5S/c1-2-30-22(27)17-12-24-11-16(19-15-5-3-4-6-18(15)25-20(17)19)21(26)13-7-9-14(10-8-13)31(23,28)29/h3-10,12,16,24-25H,2,11H2,1H3. The van der Waals surface area contributed by atoms with Gasteiger partial charge in [-0.1, -0.05) is 18.2 Å². The number of ketones is 1. The zero-order chi connectivity index (χ0) is 22.2. The zero-order valence-electron chi connectivity index (χ0n) is 16.5. The molecule has 2 aromatic carbocycles. The maximum absolute atomic E-state index is 13.4. The molecule has 1 unspecified atom stereocenters. The monoisotopic (exact) mass is 442 g/mol. The number of ether oxygens (including phenoxy) is 1. The number of carbonyl (C=O) groups is 2. The van der Waals surface area contributed by atoms with Gasteiger partial charge in [-0.25, -0.2) is 4.79 Å². The topological polar surface area (TPSA) is 105 Å². The second-order valence-corrected chi connectivity index (χ2v) is 8.37. The lowest BCUT2D eigenvalue weighted by molar-refractivity contribution is -0.136. The van der Waals surface area contributed by atoms with Gasteiger partial charge in [-0.3, -0.25) is 4.79 Å². The van der Waals surface area contributed by atoms with Gasteiger partial charge in [0.2, 0.25) is 0 Å². The van der Waals surface area contributed by atoms with Crippen molar-refractivity contribution < 1.29 is 26.6 Å². The molecule has 7 nitrogen and oxygen atoms in total. The molecule has 0 saturated heterocycles. The molecule has 0 radical (unpaired) electrons. The Morgan fingerprint density at radius 3 is 2.52 bits per heavy atom. The first kappa shape index (κ1) is 20.8. The first-order valence-electron chi connectivity index (χ1n) is 9.62. The van der Waals surface area contributed by atoms with Crippen molar-refractivity contribution in [3.8, 4) is 0 Å². The Morgan fingerprint density at radius 2 is 1.84 bits per heavy atom. The summed E-state index contributed by atoms with van der Waals surface area (Å²) in [6.45, 7) is 2.12. The fourth-order valence-corrected chi connectivity index (χ4v) is 4.23. The van der Waals surface area contributed by atoms with Crippen LogP contribution in [0.5, 0.6) is 0 Å². The van der Waals surface area contributed by atoms with Gasteiger partial charge in [-0.05, 0) is 42.8 Å². The van der Waals surface area contributed by atoms with Gasteiger partial charge in [0.25, 0.3) is 0 Å². The van der Waals surface area contributed by atoms with E-state index in [9.17, 15) is 21.9 Å². The van der Waals surface area contributed by atoms with Crippen molar-refractivity contribution in [3.05, 3.63) is 71.6 Å². The average molecular weight is 442 g/mol. The van der Waals surface area contributed by atoms with Gasteiger partial charge in [0.15, 0.2) is 5.78 Å². The average Bonchev–Trinajstić information content (AvgIpc) is 3.01. The van der Waals surface area contributed by atoms with Crippen LogP contribution >= 0.6 is 0 Å². The summed E-state index contributed by atoms with van der Waals surface area (Å²) in [5.74, 6) is -1.49. The van der Waals surface area contributed by atoms with Crippen molar-refractivity contribution >= 4 is 38.5 Å². The van der Waals surface area contributed by atoms with Gasteiger partial charge in [-0.15, -0.1) is 3.89 Å². The highest BCUT2D eigenvalue weighted by Crippen LogP contribution is 2.36. The number of H-pyrrole nitrogens is 1. The summed E-state index contributed by atoms with van der Waals surface area (Å²) in [4.78, 5) is 28.6. The lowest BCUT2D eigenvalue weighted by Crippen LogP contribution is -2.23. The number of aromatic amines is 1. The summed E-state index contributed by atoms with van der Waals surface area (Å²) in [7, 11) is -4.86. The van der Waals surface area contributed by atoms with E-state index >= 15 is 0 Å². The number of Topliss-reactive ketones (excluding diaryl/α,β-unsaturated/α-hetero) is 1. The highest BCUT2D eigenvalue weighted by atomic mass is 32.3. The molecule has 31 heavy (non-hydrogen) atoms. The number of hydrogen-bond acceptors (Lipinski definition) is 6. The van der Waals surface area contributed by atoms with Crippen molar-refractivity contribution in [1.29, 1.82) is 0 Å². The predicted molar refractivity (Wildman–Crippen MR) is 113 cm³/mol. The van der Waals surface area contributed by atoms with Crippen molar-refractivity contribution in [2.75, 3.05) is 13.2 Å². The second-order valence-electron chi connectivity index (χ2n) is 7.03. The van der Waals surface area contributed by atoms with E-state index in [4.69, 9.17) is 4.74 Å². The molecule has 0 aliphatic carbocycles. The molecule has 160 valence electrons. The fraction of sp³-hybridized carbons (Fsp3) is 0.182. The molecular formula is C22H19FN2O5S. The molecular weight excluding hydrogens is 423 g/mol. The summed E-state index contributed by atoms with van der Waals surface area (Å²) in [6, 6.07) is 12.1. The zero-order valence-corrected chi connectivity index (χ0v) is 17.3. The number of para-hydroxylation sites is 1. The maximum atomic E-state index is 13.4. The molecule has 1 aliphatic heterocycles. The van der Waals surface area contributed by atoms with Gasteiger partial charge in [0.1, 0.15) is 0 Å². The predicted octanol–water partition coefficient (Wildman–Crippen LogP) is 3.30. The number of halogens is 1. The number of carbonyl (C=O) groups excluding carboxylic acids is 2. The molecule has 9 heteroatoms. The van der Waals surface area contributed by atoms with E-state index in [1.807, 2.05) is 24.3 Å². The molecule has 1 aromatic heterocycles. The Morgan fingerprint density at radius 1 is 1.13 bits per heavy atom. The van der Waals surface area contributed by atoms with Crippen LogP contribution in [0.2, 0.25) is 0 Å². The van der Waals surface area contributed by atoms with Crippen LogP contribution in [0.4, 0.5) is 3.89 Å². The molecule has 1 atom stereocenters. The SMILES string of the molecule is CCOC(=O)C1=CNCC(C(=O)c2ccc(S(=O)(=O)F)cc2)c2c1[nH]c1ccccc21. The Bertz CT molecular complexity index is 1310. The van der Waals surface area contributed by atoms with Crippen molar-refractivity contribution in [1.82, 2.24) is 10.3 Å². The number of rotatable bonds is 5. The van der Waals surface area contributed by atoms with E-state index in [0.717, 1.165) is 23.0 Å². The molecule has 0 fully saturated rings. The molecule has 1 aliphatic rings. The minimum absolute atomic E-state index is 0.206. The minimum atomic E-state index is -4.86. The Balaban J connectivity index is 1.82. The van der Waals surface area contributed by atoms with E-state index in [1.165, 1.54) is 18.3 Å². The van der Waals surface area contributed by atoms with Gasteiger partial charge in [-0.2, -0.15) is 8.42 Å². The van der Waals surface area contributed by atoms with Crippen LogP contribution in [0.25, 0.3) is 16.5 Å². The van der Waals surface area contributed by atoms with Crippen LogP contribution in [0, 0.1) is 0 Å². The van der Waals surface area contributed by atoms with Gasteiger partial charge in [0, 0.05) is 29.2 Å². The van der Waals surface area contributed by atoms with Crippen molar-refractivity contribution in [2.24, 2.45) is 0 Å². The summed E-state index contributed by atoms with van der Waals surface area (Å²) in [5, 5.41) is 3.80. The summed E-state index contributed by atoms with van der Waals surface area (Å²) in [5.41, 5.74) is 2.41. The van der Waals surface area contributed by atoms with Crippen LogP contribution in [0.1, 0.15) is 34.5 Å². The summed E-state index contributed by atoms with van der Waals surface area (Å²) >= 11 is 0. The van der Waals surface area contributed by atoms with Crippen LogP contribution in [0.15, 0.2) is 59.6 Å². The number of nitrogens with one attached hydrogen (secondary N) is 2. The molecule has 0 saturated carbocycles. The van der Waals surface area contributed by atoms with Crippen LogP contribution in [0.3, 0.4) is 0 Å². The lowest BCUT2D eigenvalue weighted by Gasteiger charge is -2.16. The molecule has 2 heterocycles. The summed E-state index contributed by atoms with van der Waals surface area (Å²) < 4.78 is 40.5. The molecule has 2 N–H and O–H groups in total. The molecule has 4 rings (SSSR count). The van der Waals surface area contributed by atoms with E-state index in [-0.39, 0.29) is 30.1 Å². The third kappa shape index (κ3) is 3.84. The van der Waals surface area contributed by atoms with Crippen molar-refractivity contribution in [3.63, 3.8) is 0 Å². The number of aromatic nitrogens is 1.